The van der Waals surface area contributed by atoms with Gasteiger partial charge < -0.3 is 9.97 Å². The Balaban J connectivity index is 1.98. The van der Waals surface area contributed by atoms with Crippen molar-refractivity contribution >= 4 is 32.4 Å². The molecule has 118 valence electrons. The molecule has 1 aromatic heterocycles. The van der Waals surface area contributed by atoms with Gasteiger partial charge in [-0.05, 0) is 24.3 Å². The summed E-state index contributed by atoms with van der Waals surface area (Å²) in [5, 5.41) is 10.7. The number of fused-ring (bicyclic) bond motifs is 1. The number of hydrogen-bond donors (Lipinski definition) is 3. The van der Waals surface area contributed by atoms with E-state index in [1.54, 1.807) is 0 Å². The van der Waals surface area contributed by atoms with Crippen LogP contribution in [0.1, 0.15) is 0 Å². The largest absolute Gasteiger partial charge is 0.323 e. The number of aromatic amines is 2. The Morgan fingerprint density at radius 1 is 1.04 bits per heavy atom. The molecule has 9 nitrogen and oxygen atoms in total. The van der Waals surface area contributed by atoms with E-state index >= 15 is 0 Å². The Morgan fingerprint density at radius 2 is 1.78 bits per heavy atom. The van der Waals surface area contributed by atoms with Crippen LogP contribution in [0, 0.1) is 10.1 Å². The number of sulfonamides is 1. The highest BCUT2D eigenvalue weighted by Gasteiger charge is 2.17. The topological polar surface area (TPSA) is 138 Å². The van der Waals surface area contributed by atoms with Crippen LogP contribution in [0.2, 0.25) is 0 Å². The first-order valence-electron chi connectivity index (χ1n) is 6.34. The zero-order valence-electron chi connectivity index (χ0n) is 11.4. The lowest BCUT2D eigenvalue weighted by Gasteiger charge is -2.08. The van der Waals surface area contributed by atoms with E-state index in [1.165, 1.54) is 36.4 Å². The molecule has 0 saturated carbocycles. The van der Waals surface area contributed by atoms with Crippen molar-refractivity contribution in [2.45, 2.75) is 4.90 Å². The van der Waals surface area contributed by atoms with Crippen molar-refractivity contribution in [3.05, 3.63) is 63.1 Å². The Bertz CT molecular complexity index is 1070. The molecule has 1 heterocycles. The van der Waals surface area contributed by atoms with Crippen LogP contribution in [-0.4, -0.2) is 23.3 Å². The van der Waals surface area contributed by atoms with Crippen molar-refractivity contribution in [2.75, 3.05) is 4.72 Å². The van der Waals surface area contributed by atoms with Gasteiger partial charge in [0.15, 0.2) is 0 Å². The Kier molecular flexibility index (Phi) is 3.37. The van der Waals surface area contributed by atoms with Crippen LogP contribution >= 0.6 is 0 Å². The van der Waals surface area contributed by atoms with E-state index in [-0.39, 0.29) is 16.3 Å². The molecule has 0 atom stereocenters. The van der Waals surface area contributed by atoms with E-state index in [4.69, 9.17) is 0 Å². The highest BCUT2D eigenvalue weighted by atomic mass is 32.2. The van der Waals surface area contributed by atoms with Gasteiger partial charge in [0.05, 0.1) is 26.5 Å². The van der Waals surface area contributed by atoms with Gasteiger partial charge in [0.25, 0.3) is 15.7 Å². The summed E-state index contributed by atoms with van der Waals surface area (Å²) >= 11 is 0. The first-order chi connectivity index (χ1) is 10.8. The summed E-state index contributed by atoms with van der Waals surface area (Å²) in [6, 6.07) is 9.24. The maximum Gasteiger partial charge on any atom is 0.323 e. The molecule has 0 spiro atoms. The van der Waals surface area contributed by atoms with Gasteiger partial charge in [0.2, 0.25) is 0 Å². The molecule has 0 saturated heterocycles. The number of imidazole rings is 1. The van der Waals surface area contributed by atoms with Crippen LogP contribution in [0.4, 0.5) is 11.4 Å². The SMILES string of the molecule is O=c1[nH]c2ccc(S(=O)(=O)Nc3cccc([N+](=O)[O-])c3)cc2[nH]1. The lowest BCUT2D eigenvalue weighted by Crippen LogP contribution is -2.13. The smallest absolute Gasteiger partial charge is 0.306 e. The number of nitrogens with one attached hydrogen (secondary N) is 3. The molecule has 2 aromatic carbocycles. The lowest BCUT2D eigenvalue weighted by atomic mass is 10.3. The highest BCUT2D eigenvalue weighted by molar-refractivity contribution is 7.92. The molecule has 0 unspecified atom stereocenters. The summed E-state index contributed by atoms with van der Waals surface area (Å²) in [5.41, 5.74) is 0.222. The quantitative estimate of drug-likeness (QED) is 0.491. The maximum atomic E-state index is 12.4. The molecule has 0 fully saturated rings. The van der Waals surface area contributed by atoms with Crippen molar-refractivity contribution in [3.63, 3.8) is 0 Å². The number of anilines is 1. The molecular formula is C13H10N4O5S. The average Bonchev–Trinajstić information content (AvgIpc) is 2.86. The third-order valence-corrected chi connectivity index (χ3v) is 4.49. The number of H-pyrrole nitrogens is 2. The standard InChI is InChI=1S/C13H10N4O5S/c18-13-14-11-5-4-10(7-12(11)15-13)23(21,22)16-8-2-1-3-9(6-8)17(19)20/h1-7,16H,(H2,14,15,18). The zero-order chi connectivity index (χ0) is 16.6. The second-order valence-corrected chi connectivity index (χ2v) is 6.38. The van der Waals surface area contributed by atoms with Gasteiger partial charge in [-0.1, -0.05) is 6.07 Å². The molecule has 0 amide bonds. The van der Waals surface area contributed by atoms with Crippen molar-refractivity contribution in [2.24, 2.45) is 0 Å². The summed E-state index contributed by atoms with van der Waals surface area (Å²) in [6.07, 6.45) is 0. The maximum absolute atomic E-state index is 12.4. The number of hydrogen-bond acceptors (Lipinski definition) is 5. The molecule has 0 bridgehead atoms. The van der Waals surface area contributed by atoms with Crippen LogP contribution in [0.3, 0.4) is 0 Å². The molecule has 23 heavy (non-hydrogen) atoms. The molecule has 3 aromatic rings. The summed E-state index contributed by atoms with van der Waals surface area (Å²) in [6.45, 7) is 0. The van der Waals surface area contributed by atoms with Crippen molar-refractivity contribution in [1.29, 1.82) is 0 Å². The number of benzene rings is 2. The van der Waals surface area contributed by atoms with Crippen LogP contribution in [-0.2, 0) is 10.0 Å². The minimum absolute atomic E-state index is 0.0712. The van der Waals surface area contributed by atoms with Crippen LogP contribution in [0.15, 0.2) is 52.2 Å². The Morgan fingerprint density at radius 3 is 2.52 bits per heavy atom. The molecular weight excluding hydrogens is 324 g/mol. The summed E-state index contributed by atoms with van der Waals surface area (Å²) in [5.74, 6) is 0. The molecule has 3 rings (SSSR count). The predicted octanol–water partition coefficient (Wildman–Crippen LogP) is 1.57. The van der Waals surface area contributed by atoms with E-state index in [1.807, 2.05) is 0 Å². The van der Waals surface area contributed by atoms with Crippen molar-refractivity contribution in [3.8, 4) is 0 Å². The average molecular weight is 334 g/mol. The Labute approximate surface area is 129 Å². The van der Waals surface area contributed by atoms with Crippen molar-refractivity contribution in [1.82, 2.24) is 9.97 Å². The van der Waals surface area contributed by atoms with Crippen molar-refractivity contribution < 1.29 is 13.3 Å². The third kappa shape index (κ3) is 2.92. The number of aromatic nitrogens is 2. The van der Waals surface area contributed by atoms with Gasteiger partial charge in [-0.2, -0.15) is 0 Å². The molecule has 3 N–H and O–H groups in total. The summed E-state index contributed by atoms with van der Waals surface area (Å²) < 4.78 is 27.0. The fourth-order valence-electron chi connectivity index (χ4n) is 2.08. The van der Waals surface area contributed by atoms with E-state index in [9.17, 15) is 23.3 Å². The van der Waals surface area contributed by atoms with Gasteiger partial charge >= 0.3 is 5.69 Å². The minimum Gasteiger partial charge on any atom is -0.306 e. The first kappa shape index (κ1) is 14.8. The van der Waals surface area contributed by atoms with Gasteiger partial charge in [-0.3, -0.25) is 14.8 Å². The second-order valence-electron chi connectivity index (χ2n) is 4.70. The van der Waals surface area contributed by atoms with Gasteiger partial charge in [-0.25, -0.2) is 13.2 Å². The van der Waals surface area contributed by atoms with Gasteiger partial charge in [0.1, 0.15) is 0 Å². The summed E-state index contributed by atoms with van der Waals surface area (Å²) in [7, 11) is -3.95. The number of nitro benzene ring substituents is 1. The normalized spacial score (nSPS) is 11.5. The van der Waals surface area contributed by atoms with E-state index in [0.717, 1.165) is 6.07 Å². The molecule has 0 aliphatic rings. The summed E-state index contributed by atoms with van der Waals surface area (Å²) in [4.78, 5) is 26.2. The molecule has 0 radical (unpaired) electrons. The number of nitrogens with zero attached hydrogens (tertiary/aromatic N) is 1. The van der Waals surface area contributed by atoms with Crippen LogP contribution < -0.4 is 10.4 Å². The highest BCUT2D eigenvalue weighted by Crippen LogP contribution is 2.22. The molecule has 0 aliphatic carbocycles. The third-order valence-electron chi connectivity index (χ3n) is 3.11. The fraction of sp³-hybridized carbons (Fsp3) is 0. The number of nitro groups is 1. The monoisotopic (exact) mass is 334 g/mol. The molecule has 0 aliphatic heterocycles. The van der Waals surface area contributed by atoms with E-state index < -0.39 is 20.6 Å². The second kappa shape index (κ2) is 5.25. The van der Waals surface area contributed by atoms with E-state index in [2.05, 4.69) is 14.7 Å². The van der Waals surface area contributed by atoms with Gasteiger partial charge in [-0.15, -0.1) is 0 Å². The predicted molar refractivity (Wildman–Crippen MR) is 82.8 cm³/mol. The fourth-order valence-corrected chi connectivity index (χ4v) is 3.15. The Hall–Kier alpha value is -3.14. The van der Waals surface area contributed by atoms with Crippen LogP contribution in [0.25, 0.3) is 11.0 Å². The minimum atomic E-state index is -3.95. The number of non-ortho nitro benzene ring substituents is 1. The molecule has 10 heteroatoms. The number of rotatable bonds is 4. The van der Waals surface area contributed by atoms with Gasteiger partial charge in [0, 0.05) is 12.1 Å². The lowest BCUT2D eigenvalue weighted by molar-refractivity contribution is -0.384. The van der Waals surface area contributed by atoms with Crippen LogP contribution in [0.5, 0.6) is 0 Å². The zero-order valence-corrected chi connectivity index (χ0v) is 12.3. The van der Waals surface area contributed by atoms with E-state index in [0.29, 0.717) is 11.0 Å². The first-order valence-corrected chi connectivity index (χ1v) is 7.83.